The summed E-state index contributed by atoms with van der Waals surface area (Å²) in [4.78, 5) is 21.2. The summed E-state index contributed by atoms with van der Waals surface area (Å²) in [5, 5.41) is 10.4. The number of hydrogen-bond acceptors (Lipinski definition) is 4. The lowest BCUT2D eigenvalue weighted by atomic mass is 10.1. The first-order valence-corrected chi connectivity index (χ1v) is 4.83. The molecule has 1 aromatic heterocycles. The Kier molecular flexibility index (Phi) is 3.07. The van der Waals surface area contributed by atoms with Gasteiger partial charge < -0.3 is 4.42 Å². The Hall–Kier alpha value is -2.64. The first kappa shape index (κ1) is 12.8. The fourth-order valence-electron chi connectivity index (χ4n) is 1.43. The molecule has 0 amide bonds. The second-order valence-electron chi connectivity index (χ2n) is 3.47. The highest BCUT2D eigenvalue weighted by atomic mass is 19.1. The summed E-state index contributed by atoms with van der Waals surface area (Å²) in [5.74, 6) is -6.62. The number of nitrogens with zero attached hydrogens (tertiary/aromatic N) is 1. The molecule has 0 radical (unpaired) electrons. The molecular weight excluding hydrogens is 267 g/mol. The molecule has 0 saturated carbocycles. The average molecular weight is 271 g/mol. The number of furan rings is 1. The zero-order chi connectivity index (χ0) is 14.2. The molecule has 0 aliphatic rings. The lowest BCUT2D eigenvalue weighted by molar-refractivity contribution is -0.402. The Bertz CT molecular complexity index is 657. The molecule has 0 atom stereocenters. The van der Waals surface area contributed by atoms with Crippen molar-refractivity contribution in [2.24, 2.45) is 0 Å². The lowest BCUT2D eigenvalue weighted by Gasteiger charge is -2.01. The number of hydrogen-bond donors (Lipinski definition) is 0. The fourth-order valence-corrected chi connectivity index (χ4v) is 1.43. The van der Waals surface area contributed by atoms with E-state index in [9.17, 15) is 28.1 Å². The van der Waals surface area contributed by atoms with Gasteiger partial charge in [-0.2, -0.15) is 0 Å². The Morgan fingerprint density at radius 1 is 1.16 bits per heavy atom. The molecule has 1 aromatic carbocycles. The summed E-state index contributed by atoms with van der Waals surface area (Å²) >= 11 is 0. The van der Waals surface area contributed by atoms with Crippen LogP contribution in [0.25, 0.3) is 0 Å². The van der Waals surface area contributed by atoms with E-state index in [1.165, 1.54) is 0 Å². The van der Waals surface area contributed by atoms with Crippen molar-refractivity contribution in [1.82, 2.24) is 0 Å². The van der Waals surface area contributed by atoms with Gasteiger partial charge in [0.2, 0.25) is 5.78 Å². The number of ketones is 1. The largest absolute Gasteiger partial charge is 0.433 e. The summed E-state index contributed by atoms with van der Waals surface area (Å²) in [7, 11) is 0. The Balaban J connectivity index is 2.47. The van der Waals surface area contributed by atoms with Gasteiger partial charge in [-0.05, 0) is 6.07 Å². The normalized spacial score (nSPS) is 10.5. The molecule has 0 N–H and O–H groups in total. The van der Waals surface area contributed by atoms with Crippen LogP contribution in [0.1, 0.15) is 16.1 Å². The van der Waals surface area contributed by atoms with E-state index in [4.69, 9.17) is 0 Å². The van der Waals surface area contributed by atoms with Crippen LogP contribution in [-0.2, 0) is 0 Å². The summed E-state index contributed by atoms with van der Waals surface area (Å²) in [6.45, 7) is 0. The van der Waals surface area contributed by atoms with Crippen molar-refractivity contribution in [1.29, 1.82) is 0 Å². The van der Waals surface area contributed by atoms with Gasteiger partial charge in [-0.25, -0.2) is 13.2 Å². The van der Waals surface area contributed by atoms with Gasteiger partial charge in [0.05, 0.1) is 11.6 Å². The van der Waals surface area contributed by atoms with E-state index in [2.05, 4.69) is 4.42 Å². The third-order valence-electron chi connectivity index (χ3n) is 2.23. The van der Waals surface area contributed by atoms with E-state index in [-0.39, 0.29) is 0 Å². The van der Waals surface area contributed by atoms with Crippen molar-refractivity contribution in [3.05, 3.63) is 63.2 Å². The standard InChI is InChI=1S/C11H4F3NO4/c12-5-3-6(13)10(7(14)4-5)11(16)8-1-2-9(19-8)15(17)18/h1-4H. The predicted octanol–water partition coefficient (Wildman–Crippen LogP) is 2.84. The minimum atomic E-state index is -1.42. The van der Waals surface area contributed by atoms with Gasteiger partial charge in [-0.3, -0.25) is 14.9 Å². The molecule has 0 fully saturated rings. The van der Waals surface area contributed by atoms with Gasteiger partial charge in [-0.1, -0.05) is 0 Å². The van der Waals surface area contributed by atoms with Gasteiger partial charge in [0.1, 0.15) is 22.4 Å². The van der Waals surface area contributed by atoms with Crippen LogP contribution in [0.5, 0.6) is 0 Å². The number of carbonyl (C=O) groups excluding carboxylic acids is 1. The van der Waals surface area contributed by atoms with Gasteiger partial charge in [0.25, 0.3) is 0 Å². The van der Waals surface area contributed by atoms with Crippen molar-refractivity contribution >= 4 is 11.7 Å². The highest BCUT2D eigenvalue weighted by Crippen LogP contribution is 2.22. The molecule has 8 heteroatoms. The van der Waals surface area contributed by atoms with Gasteiger partial charge in [0.15, 0.2) is 5.76 Å². The van der Waals surface area contributed by atoms with Crippen molar-refractivity contribution in [3.8, 4) is 0 Å². The predicted molar refractivity (Wildman–Crippen MR) is 55.1 cm³/mol. The maximum Gasteiger partial charge on any atom is 0.433 e. The van der Waals surface area contributed by atoms with Crippen LogP contribution in [0.3, 0.4) is 0 Å². The number of rotatable bonds is 3. The van der Waals surface area contributed by atoms with Crippen molar-refractivity contribution < 1.29 is 27.3 Å². The van der Waals surface area contributed by atoms with E-state index in [1.807, 2.05) is 0 Å². The monoisotopic (exact) mass is 271 g/mol. The molecule has 0 aliphatic heterocycles. The molecule has 1 heterocycles. The minimum absolute atomic E-state index is 0.327. The first-order valence-electron chi connectivity index (χ1n) is 4.83. The van der Waals surface area contributed by atoms with Crippen molar-refractivity contribution in [2.75, 3.05) is 0 Å². The lowest BCUT2D eigenvalue weighted by Crippen LogP contribution is -2.07. The highest BCUT2D eigenvalue weighted by Gasteiger charge is 2.25. The third-order valence-corrected chi connectivity index (χ3v) is 2.23. The molecule has 98 valence electrons. The Morgan fingerprint density at radius 2 is 1.74 bits per heavy atom. The number of nitro groups is 1. The molecule has 5 nitrogen and oxygen atoms in total. The second kappa shape index (κ2) is 4.56. The van der Waals surface area contributed by atoms with E-state index < -0.39 is 45.4 Å². The van der Waals surface area contributed by atoms with Crippen LogP contribution in [0, 0.1) is 27.6 Å². The zero-order valence-corrected chi connectivity index (χ0v) is 9.02. The van der Waals surface area contributed by atoms with Crippen LogP contribution in [0.15, 0.2) is 28.7 Å². The number of benzene rings is 1. The van der Waals surface area contributed by atoms with Gasteiger partial charge in [-0.15, -0.1) is 0 Å². The summed E-state index contributed by atoms with van der Waals surface area (Å²) in [5.41, 5.74) is -1.04. The molecular formula is C11H4F3NO4. The third kappa shape index (κ3) is 2.32. The van der Waals surface area contributed by atoms with Gasteiger partial charge >= 0.3 is 5.88 Å². The molecule has 0 bridgehead atoms. The van der Waals surface area contributed by atoms with E-state index in [0.29, 0.717) is 12.1 Å². The molecule has 0 aliphatic carbocycles. The van der Waals surface area contributed by atoms with Gasteiger partial charge in [0, 0.05) is 12.1 Å². The zero-order valence-electron chi connectivity index (χ0n) is 9.02. The maximum atomic E-state index is 13.3. The van der Waals surface area contributed by atoms with E-state index in [1.54, 1.807) is 0 Å². The van der Waals surface area contributed by atoms with Crippen LogP contribution in [0.2, 0.25) is 0 Å². The van der Waals surface area contributed by atoms with Crippen LogP contribution >= 0.6 is 0 Å². The average Bonchev–Trinajstić information content (AvgIpc) is 2.76. The quantitative estimate of drug-likeness (QED) is 0.488. The maximum absolute atomic E-state index is 13.3. The molecule has 0 unspecified atom stereocenters. The molecule has 0 saturated heterocycles. The van der Waals surface area contributed by atoms with Crippen molar-refractivity contribution in [2.45, 2.75) is 0 Å². The second-order valence-corrected chi connectivity index (χ2v) is 3.47. The van der Waals surface area contributed by atoms with E-state index in [0.717, 1.165) is 12.1 Å². The highest BCUT2D eigenvalue weighted by molar-refractivity contribution is 6.07. The number of carbonyl (C=O) groups is 1. The summed E-state index contributed by atoms with van der Waals surface area (Å²) in [6.07, 6.45) is 0. The number of halogens is 3. The van der Waals surface area contributed by atoms with E-state index >= 15 is 0 Å². The molecule has 2 aromatic rings. The fraction of sp³-hybridized carbons (Fsp3) is 0. The SMILES string of the molecule is O=C(c1ccc([N+](=O)[O-])o1)c1c(F)cc(F)cc1F. The topological polar surface area (TPSA) is 73.3 Å². The van der Waals surface area contributed by atoms with Crippen LogP contribution in [0.4, 0.5) is 19.1 Å². The molecule has 2 rings (SSSR count). The summed E-state index contributed by atoms with van der Waals surface area (Å²) < 4.78 is 43.9. The molecule has 19 heavy (non-hydrogen) atoms. The Labute approximate surface area is 103 Å². The molecule has 0 spiro atoms. The smallest absolute Gasteiger partial charge is 0.397 e. The Morgan fingerprint density at radius 3 is 2.21 bits per heavy atom. The summed E-state index contributed by atoms with van der Waals surface area (Å²) in [6, 6.07) is 2.43. The van der Waals surface area contributed by atoms with Crippen LogP contribution in [-0.4, -0.2) is 10.7 Å². The van der Waals surface area contributed by atoms with Crippen molar-refractivity contribution in [3.63, 3.8) is 0 Å². The first-order chi connectivity index (χ1) is 8.90. The van der Waals surface area contributed by atoms with Crippen LogP contribution < -0.4 is 0 Å². The minimum Gasteiger partial charge on any atom is -0.397 e.